The summed E-state index contributed by atoms with van der Waals surface area (Å²) in [6, 6.07) is 6.47. The van der Waals surface area contributed by atoms with Gasteiger partial charge in [0.1, 0.15) is 5.82 Å². The number of anilines is 1. The second-order valence-corrected chi connectivity index (χ2v) is 5.32. The Balaban J connectivity index is 1.73. The molecule has 0 bridgehead atoms. The van der Waals surface area contributed by atoms with Crippen molar-refractivity contribution in [2.45, 2.75) is 19.4 Å². The fraction of sp³-hybridized carbons (Fsp3) is 0.571. The predicted molar refractivity (Wildman–Crippen MR) is 71.4 cm³/mol. The molecule has 1 heterocycles. The van der Waals surface area contributed by atoms with E-state index in [1.54, 1.807) is 12.1 Å². The van der Waals surface area contributed by atoms with Crippen LogP contribution in [0.3, 0.4) is 0 Å². The van der Waals surface area contributed by atoms with Crippen LogP contribution in [0.15, 0.2) is 24.3 Å². The molecular weight excluding hydrogens is 231 g/mol. The first-order valence-corrected chi connectivity index (χ1v) is 6.41. The molecule has 3 nitrogen and oxygen atoms in total. The van der Waals surface area contributed by atoms with Gasteiger partial charge in [0.2, 0.25) is 0 Å². The smallest absolute Gasteiger partial charge is 0.123 e. The number of morpholine rings is 1. The molecule has 18 heavy (non-hydrogen) atoms. The third-order valence-electron chi connectivity index (χ3n) is 3.11. The van der Waals surface area contributed by atoms with Gasteiger partial charge in [0.05, 0.1) is 12.2 Å². The minimum atomic E-state index is -0.199. The number of nitrogens with one attached hydrogen (secondary N) is 1. The number of halogens is 1. The second kappa shape index (κ2) is 5.67. The SMILES string of the molecule is CC1(C)CN(CCNc2ccc(F)cc2)CCO1. The van der Waals surface area contributed by atoms with Crippen LogP contribution in [0.1, 0.15) is 13.8 Å². The molecular formula is C14H21FN2O. The summed E-state index contributed by atoms with van der Waals surface area (Å²) >= 11 is 0. The maximum absolute atomic E-state index is 12.7. The molecule has 0 spiro atoms. The van der Waals surface area contributed by atoms with Gasteiger partial charge in [-0.05, 0) is 38.1 Å². The quantitative estimate of drug-likeness (QED) is 0.890. The topological polar surface area (TPSA) is 24.5 Å². The molecule has 1 aliphatic rings. The average molecular weight is 252 g/mol. The first kappa shape index (κ1) is 13.3. The van der Waals surface area contributed by atoms with Crippen LogP contribution in [-0.2, 0) is 4.74 Å². The van der Waals surface area contributed by atoms with Crippen LogP contribution in [0, 0.1) is 5.82 Å². The van der Waals surface area contributed by atoms with E-state index in [2.05, 4.69) is 24.1 Å². The molecule has 4 heteroatoms. The summed E-state index contributed by atoms with van der Waals surface area (Å²) in [5, 5.41) is 3.30. The summed E-state index contributed by atoms with van der Waals surface area (Å²) in [4.78, 5) is 2.39. The van der Waals surface area contributed by atoms with Crippen molar-refractivity contribution in [3.05, 3.63) is 30.1 Å². The highest BCUT2D eigenvalue weighted by Crippen LogP contribution is 2.16. The van der Waals surface area contributed by atoms with Gasteiger partial charge in [-0.2, -0.15) is 0 Å². The van der Waals surface area contributed by atoms with Gasteiger partial charge in [0.15, 0.2) is 0 Å². The Morgan fingerprint density at radius 2 is 2.06 bits per heavy atom. The van der Waals surface area contributed by atoms with Crippen LogP contribution in [0.4, 0.5) is 10.1 Å². The summed E-state index contributed by atoms with van der Waals surface area (Å²) in [6.07, 6.45) is 0. The summed E-state index contributed by atoms with van der Waals surface area (Å²) in [5.74, 6) is -0.199. The monoisotopic (exact) mass is 252 g/mol. The van der Waals surface area contributed by atoms with Crippen LogP contribution in [-0.4, -0.2) is 43.3 Å². The summed E-state index contributed by atoms with van der Waals surface area (Å²) < 4.78 is 18.4. The van der Waals surface area contributed by atoms with E-state index in [1.165, 1.54) is 12.1 Å². The van der Waals surface area contributed by atoms with Gasteiger partial charge < -0.3 is 10.1 Å². The molecule has 100 valence electrons. The van der Waals surface area contributed by atoms with Crippen molar-refractivity contribution in [1.29, 1.82) is 0 Å². The van der Waals surface area contributed by atoms with Crippen molar-refractivity contribution in [2.75, 3.05) is 38.1 Å². The Morgan fingerprint density at radius 3 is 2.72 bits per heavy atom. The summed E-state index contributed by atoms with van der Waals surface area (Å²) in [6.45, 7) is 8.81. The van der Waals surface area contributed by atoms with E-state index in [0.29, 0.717) is 0 Å². The van der Waals surface area contributed by atoms with E-state index in [4.69, 9.17) is 4.74 Å². The summed E-state index contributed by atoms with van der Waals surface area (Å²) in [7, 11) is 0. The van der Waals surface area contributed by atoms with Crippen LogP contribution >= 0.6 is 0 Å². The van der Waals surface area contributed by atoms with Crippen LogP contribution < -0.4 is 5.32 Å². The van der Waals surface area contributed by atoms with Crippen molar-refractivity contribution in [2.24, 2.45) is 0 Å². The third kappa shape index (κ3) is 3.96. The highest BCUT2D eigenvalue weighted by atomic mass is 19.1. The highest BCUT2D eigenvalue weighted by molar-refractivity contribution is 5.42. The lowest BCUT2D eigenvalue weighted by molar-refractivity contribution is -0.0848. The Hall–Kier alpha value is -1.13. The number of benzene rings is 1. The van der Waals surface area contributed by atoms with Crippen LogP contribution in [0.25, 0.3) is 0 Å². The van der Waals surface area contributed by atoms with Gasteiger partial charge in [0, 0.05) is 31.9 Å². The molecule has 0 atom stereocenters. The molecule has 0 radical (unpaired) electrons. The minimum absolute atomic E-state index is 0.0475. The minimum Gasteiger partial charge on any atom is -0.384 e. The highest BCUT2D eigenvalue weighted by Gasteiger charge is 2.26. The fourth-order valence-electron chi connectivity index (χ4n) is 2.23. The first-order valence-electron chi connectivity index (χ1n) is 6.41. The molecule has 0 aromatic heterocycles. The van der Waals surface area contributed by atoms with Gasteiger partial charge in [0.25, 0.3) is 0 Å². The largest absolute Gasteiger partial charge is 0.384 e. The van der Waals surface area contributed by atoms with E-state index >= 15 is 0 Å². The molecule has 0 aliphatic carbocycles. The van der Waals surface area contributed by atoms with Gasteiger partial charge >= 0.3 is 0 Å². The molecule has 0 saturated carbocycles. The van der Waals surface area contributed by atoms with Crippen molar-refractivity contribution in [3.8, 4) is 0 Å². The molecule has 1 aromatic rings. The van der Waals surface area contributed by atoms with Crippen molar-refractivity contribution >= 4 is 5.69 Å². The molecule has 0 unspecified atom stereocenters. The Morgan fingerprint density at radius 1 is 1.33 bits per heavy atom. The lowest BCUT2D eigenvalue weighted by Gasteiger charge is -2.38. The molecule has 1 fully saturated rings. The average Bonchev–Trinajstić information content (AvgIpc) is 2.30. The zero-order valence-corrected chi connectivity index (χ0v) is 11.1. The fourth-order valence-corrected chi connectivity index (χ4v) is 2.23. The van der Waals surface area contributed by atoms with Crippen molar-refractivity contribution in [3.63, 3.8) is 0 Å². The van der Waals surface area contributed by atoms with Gasteiger partial charge in [-0.15, -0.1) is 0 Å². The Bertz CT molecular complexity index is 378. The first-order chi connectivity index (χ1) is 8.55. The second-order valence-electron chi connectivity index (χ2n) is 5.32. The van der Waals surface area contributed by atoms with Gasteiger partial charge in [-0.1, -0.05) is 0 Å². The predicted octanol–water partition coefficient (Wildman–Crippen LogP) is 2.35. The number of rotatable bonds is 4. The number of ether oxygens (including phenoxy) is 1. The number of nitrogens with zero attached hydrogens (tertiary/aromatic N) is 1. The lowest BCUT2D eigenvalue weighted by Crippen LogP contribution is -2.49. The number of hydrogen-bond acceptors (Lipinski definition) is 3. The maximum atomic E-state index is 12.7. The van der Waals surface area contributed by atoms with Crippen molar-refractivity contribution < 1.29 is 9.13 Å². The Labute approximate surface area is 108 Å². The molecule has 0 amide bonds. The van der Waals surface area contributed by atoms with E-state index in [1.807, 2.05) is 0 Å². The standard InChI is InChI=1S/C14H21FN2O/c1-14(2)11-17(9-10-18-14)8-7-16-13-5-3-12(15)4-6-13/h3-6,16H,7-11H2,1-2H3. The Kier molecular flexibility index (Phi) is 4.19. The molecule has 1 aliphatic heterocycles. The van der Waals surface area contributed by atoms with Crippen molar-refractivity contribution in [1.82, 2.24) is 4.90 Å². The number of hydrogen-bond donors (Lipinski definition) is 1. The van der Waals surface area contributed by atoms with Crippen LogP contribution in [0.5, 0.6) is 0 Å². The normalized spacial score (nSPS) is 19.7. The van der Waals surface area contributed by atoms with Crippen LogP contribution in [0.2, 0.25) is 0 Å². The zero-order chi connectivity index (χ0) is 13.0. The molecule has 2 rings (SSSR count). The molecule has 1 N–H and O–H groups in total. The molecule has 1 saturated heterocycles. The molecule has 1 aromatic carbocycles. The zero-order valence-electron chi connectivity index (χ0n) is 11.1. The van der Waals surface area contributed by atoms with E-state index in [0.717, 1.165) is 38.5 Å². The lowest BCUT2D eigenvalue weighted by atomic mass is 10.1. The summed E-state index contributed by atoms with van der Waals surface area (Å²) in [5.41, 5.74) is 0.914. The van der Waals surface area contributed by atoms with E-state index in [-0.39, 0.29) is 11.4 Å². The third-order valence-corrected chi connectivity index (χ3v) is 3.11. The maximum Gasteiger partial charge on any atom is 0.123 e. The van der Waals surface area contributed by atoms with E-state index < -0.39 is 0 Å². The van der Waals surface area contributed by atoms with Gasteiger partial charge in [-0.25, -0.2) is 4.39 Å². The van der Waals surface area contributed by atoms with Gasteiger partial charge in [-0.3, -0.25) is 4.90 Å². The van der Waals surface area contributed by atoms with E-state index in [9.17, 15) is 4.39 Å².